The molecule has 0 radical (unpaired) electrons. The van der Waals surface area contributed by atoms with Gasteiger partial charge in [0, 0.05) is 12.5 Å². The van der Waals surface area contributed by atoms with E-state index in [1.165, 1.54) is 115 Å². The summed E-state index contributed by atoms with van der Waals surface area (Å²) in [5, 5.41) is 8.60. The third-order valence-electron chi connectivity index (χ3n) is 6.10. The zero-order valence-corrected chi connectivity index (χ0v) is 21.4. The van der Waals surface area contributed by atoms with Gasteiger partial charge in [0.05, 0.1) is 6.61 Å². The number of hydrogen-bond donors (Lipinski definition) is 1. The molecule has 0 aromatic carbocycles. The van der Waals surface area contributed by atoms with Crippen molar-refractivity contribution in [1.82, 2.24) is 0 Å². The van der Waals surface area contributed by atoms with Gasteiger partial charge in [-0.15, -0.1) is 0 Å². The first-order valence-corrected chi connectivity index (χ1v) is 13.8. The number of carbonyl (C=O) groups is 2. The minimum Gasteiger partial charge on any atom is -0.481 e. The van der Waals surface area contributed by atoms with Gasteiger partial charge in [-0.25, -0.2) is 4.79 Å². The molecule has 0 rings (SSSR count). The standard InChI is InChI=1S/C29H52O4/c1-2-29(32)33-27-25-23-21-19-17-15-13-11-9-7-5-3-4-6-8-10-12-14-16-18-20-22-24-26-28(30)31/h2,5,7H,1,3-4,6,8-27H2,(H,30,31)/b7-5-. The van der Waals surface area contributed by atoms with Gasteiger partial charge in [-0.3, -0.25) is 4.79 Å². The fourth-order valence-electron chi connectivity index (χ4n) is 4.02. The molecule has 0 aliphatic heterocycles. The van der Waals surface area contributed by atoms with Gasteiger partial charge in [-0.2, -0.15) is 0 Å². The molecule has 0 aliphatic rings. The van der Waals surface area contributed by atoms with Crippen LogP contribution in [0.3, 0.4) is 0 Å². The van der Waals surface area contributed by atoms with E-state index in [9.17, 15) is 9.59 Å². The quantitative estimate of drug-likeness (QED) is 0.0600. The molecule has 0 unspecified atom stereocenters. The molecule has 0 spiro atoms. The monoisotopic (exact) mass is 464 g/mol. The molecule has 0 saturated carbocycles. The van der Waals surface area contributed by atoms with Crippen LogP contribution in [-0.2, 0) is 14.3 Å². The fourth-order valence-corrected chi connectivity index (χ4v) is 4.02. The van der Waals surface area contributed by atoms with Crippen LogP contribution in [0.5, 0.6) is 0 Å². The van der Waals surface area contributed by atoms with Crippen molar-refractivity contribution in [1.29, 1.82) is 0 Å². The van der Waals surface area contributed by atoms with E-state index in [2.05, 4.69) is 18.7 Å². The van der Waals surface area contributed by atoms with Crippen molar-refractivity contribution in [3.05, 3.63) is 24.8 Å². The molecule has 0 aromatic heterocycles. The number of carboxylic acids is 1. The van der Waals surface area contributed by atoms with Gasteiger partial charge >= 0.3 is 11.9 Å². The molecule has 0 aromatic rings. The van der Waals surface area contributed by atoms with Crippen molar-refractivity contribution in [2.45, 2.75) is 141 Å². The number of aliphatic carboxylic acids is 1. The first-order valence-electron chi connectivity index (χ1n) is 13.8. The number of carboxylic acid groups (broad SMARTS) is 1. The number of hydrogen-bond acceptors (Lipinski definition) is 3. The summed E-state index contributed by atoms with van der Waals surface area (Å²) in [6, 6.07) is 0. The second-order valence-corrected chi connectivity index (χ2v) is 9.28. The van der Waals surface area contributed by atoms with Crippen LogP contribution in [0.1, 0.15) is 141 Å². The highest BCUT2D eigenvalue weighted by atomic mass is 16.5. The molecule has 1 N–H and O–H groups in total. The van der Waals surface area contributed by atoms with E-state index in [0.717, 1.165) is 25.7 Å². The van der Waals surface area contributed by atoms with Crippen LogP contribution in [0.4, 0.5) is 0 Å². The Morgan fingerprint density at radius 3 is 1.33 bits per heavy atom. The summed E-state index contributed by atoms with van der Waals surface area (Å²) in [6.07, 6.45) is 32.5. The lowest BCUT2D eigenvalue weighted by atomic mass is 10.0. The minimum absolute atomic E-state index is 0.314. The number of unbranched alkanes of at least 4 members (excludes halogenated alkanes) is 19. The SMILES string of the molecule is C=CC(=O)OCCCCCCCCCC/C=C\CCCCCCCCCCCCCC(=O)O. The second kappa shape index (κ2) is 26.7. The smallest absolute Gasteiger partial charge is 0.330 e. The van der Waals surface area contributed by atoms with Gasteiger partial charge in [0.2, 0.25) is 0 Å². The Balaban J connectivity index is 3.12. The molecule has 0 atom stereocenters. The summed E-state index contributed by atoms with van der Waals surface area (Å²) < 4.78 is 4.97. The van der Waals surface area contributed by atoms with Crippen LogP contribution in [0.25, 0.3) is 0 Å². The van der Waals surface area contributed by atoms with E-state index in [0.29, 0.717) is 13.0 Å². The zero-order valence-electron chi connectivity index (χ0n) is 21.4. The van der Waals surface area contributed by atoms with Gasteiger partial charge in [-0.1, -0.05) is 115 Å². The molecule has 33 heavy (non-hydrogen) atoms. The lowest BCUT2D eigenvalue weighted by Crippen LogP contribution is -2.01. The van der Waals surface area contributed by atoms with Crippen LogP contribution in [0, 0.1) is 0 Å². The molecule has 0 heterocycles. The summed E-state index contributed by atoms with van der Waals surface area (Å²) >= 11 is 0. The Hall–Kier alpha value is -1.58. The maximum absolute atomic E-state index is 10.9. The Morgan fingerprint density at radius 1 is 0.576 bits per heavy atom. The third-order valence-corrected chi connectivity index (χ3v) is 6.10. The first-order chi connectivity index (χ1) is 16.2. The zero-order chi connectivity index (χ0) is 24.2. The molecule has 4 heteroatoms. The Morgan fingerprint density at radius 2 is 0.939 bits per heavy atom. The topological polar surface area (TPSA) is 63.6 Å². The summed E-state index contributed by atoms with van der Waals surface area (Å²) in [7, 11) is 0. The highest BCUT2D eigenvalue weighted by Crippen LogP contribution is 2.13. The van der Waals surface area contributed by atoms with Crippen LogP contribution >= 0.6 is 0 Å². The first kappa shape index (κ1) is 31.4. The Kier molecular flexibility index (Phi) is 25.4. The van der Waals surface area contributed by atoms with Crippen molar-refractivity contribution >= 4 is 11.9 Å². The number of ether oxygens (including phenoxy) is 1. The maximum atomic E-state index is 10.9. The molecular formula is C29H52O4. The number of rotatable bonds is 26. The minimum atomic E-state index is -0.664. The molecule has 0 fully saturated rings. The van der Waals surface area contributed by atoms with E-state index in [1.54, 1.807) is 0 Å². The molecular weight excluding hydrogens is 412 g/mol. The van der Waals surface area contributed by atoms with Gasteiger partial charge in [-0.05, 0) is 38.5 Å². The molecule has 0 aliphatic carbocycles. The van der Waals surface area contributed by atoms with E-state index >= 15 is 0 Å². The largest absolute Gasteiger partial charge is 0.481 e. The molecule has 4 nitrogen and oxygen atoms in total. The van der Waals surface area contributed by atoms with Gasteiger partial charge in [0.25, 0.3) is 0 Å². The number of carbonyl (C=O) groups excluding carboxylic acids is 1. The third kappa shape index (κ3) is 28.4. The average Bonchev–Trinajstić information content (AvgIpc) is 2.80. The van der Waals surface area contributed by atoms with E-state index in [-0.39, 0.29) is 5.97 Å². The lowest BCUT2D eigenvalue weighted by Gasteiger charge is -2.03. The number of allylic oxidation sites excluding steroid dienone is 2. The van der Waals surface area contributed by atoms with Crippen molar-refractivity contribution in [3.63, 3.8) is 0 Å². The average molecular weight is 465 g/mol. The van der Waals surface area contributed by atoms with Crippen molar-refractivity contribution in [3.8, 4) is 0 Å². The van der Waals surface area contributed by atoms with Crippen LogP contribution in [-0.4, -0.2) is 23.7 Å². The summed E-state index contributed by atoms with van der Waals surface area (Å²) in [4.78, 5) is 21.3. The number of esters is 1. The van der Waals surface area contributed by atoms with Gasteiger partial charge in [0.1, 0.15) is 0 Å². The summed E-state index contributed by atoms with van der Waals surface area (Å²) in [5.41, 5.74) is 0. The molecule has 0 saturated heterocycles. The molecule has 0 bridgehead atoms. The van der Waals surface area contributed by atoms with Crippen LogP contribution < -0.4 is 0 Å². The van der Waals surface area contributed by atoms with Gasteiger partial charge < -0.3 is 9.84 Å². The predicted molar refractivity (Wildman–Crippen MR) is 140 cm³/mol. The van der Waals surface area contributed by atoms with Gasteiger partial charge in [0.15, 0.2) is 0 Å². The molecule has 0 amide bonds. The fraction of sp³-hybridized carbons (Fsp3) is 0.793. The van der Waals surface area contributed by atoms with Crippen molar-refractivity contribution < 1.29 is 19.4 Å². The van der Waals surface area contributed by atoms with E-state index in [1.807, 2.05) is 0 Å². The second-order valence-electron chi connectivity index (χ2n) is 9.28. The highest BCUT2D eigenvalue weighted by Gasteiger charge is 1.97. The van der Waals surface area contributed by atoms with Crippen LogP contribution in [0.15, 0.2) is 24.8 Å². The Bertz CT molecular complexity index is 484. The van der Waals surface area contributed by atoms with E-state index < -0.39 is 5.97 Å². The van der Waals surface area contributed by atoms with Crippen molar-refractivity contribution in [2.24, 2.45) is 0 Å². The molecule has 192 valence electrons. The predicted octanol–water partition coefficient (Wildman–Crippen LogP) is 8.94. The summed E-state index contributed by atoms with van der Waals surface area (Å²) in [6.45, 7) is 3.91. The summed E-state index contributed by atoms with van der Waals surface area (Å²) in [5.74, 6) is -0.977. The Labute approximate surface area is 204 Å². The maximum Gasteiger partial charge on any atom is 0.330 e. The van der Waals surface area contributed by atoms with Crippen LogP contribution in [0.2, 0.25) is 0 Å². The van der Waals surface area contributed by atoms with E-state index in [4.69, 9.17) is 9.84 Å². The van der Waals surface area contributed by atoms with Crippen molar-refractivity contribution in [2.75, 3.05) is 6.61 Å². The lowest BCUT2D eigenvalue weighted by molar-refractivity contribution is -0.138. The highest BCUT2D eigenvalue weighted by molar-refractivity contribution is 5.81. The normalized spacial score (nSPS) is 11.2.